The summed E-state index contributed by atoms with van der Waals surface area (Å²) < 4.78 is 7.25. The van der Waals surface area contributed by atoms with Crippen molar-refractivity contribution in [2.24, 2.45) is 7.05 Å². The lowest BCUT2D eigenvalue weighted by Crippen LogP contribution is -2.38. The largest absolute Gasteiger partial charge is 0.378 e. The van der Waals surface area contributed by atoms with Gasteiger partial charge in [0.15, 0.2) is 0 Å². The minimum Gasteiger partial charge on any atom is -0.378 e. The molecule has 8 nitrogen and oxygen atoms in total. The first-order valence-electron chi connectivity index (χ1n) is 9.33. The van der Waals surface area contributed by atoms with Gasteiger partial charge in [0.1, 0.15) is 5.69 Å². The standard InChI is InChI=1S/C19H28N6O2/c1-12(10-16-14(3)23-24(5)15(16)4)20-18(26)17-11-13(2)21-19(22-17)25-6-8-27-9-7-25/h11-12H,6-10H2,1-5H3,(H,20,26)/t12-/m1/s1. The van der Waals surface area contributed by atoms with E-state index in [0.717, 1.165) is 36.6 Å². The lowest BCUT2D eigenvalue weighted by Gasteiger charge is -2.27. The third-order valence-corrected chi connectivity index (χ3v) is 4.92. The molecule has 1 atom stereocenters. The zero-order valence-electron chi connectivity index (χ0n) is 16.7. The van der Waals surface area contributed by atoms with E-state index in [1.165, 1.54) is 5.56 Å². The second-order valence-electron chi connectivity index (χ2n) is 7.15. The first-order chi connectivity index (χ1) is 12.8. The number of nitrogens with zero attached hydrogens (tertiary/aromatic N) is 5. The highest BCUT2D eigenvalue weighted by Crippen LogP contribution is 2.15. The van der Waals surface area contributed by atoms with Crippen LogP contribution < -0.4 is 10.2 Å². The summed E-state index contributed by atoms with van der Waals surface area (Å²) in [6.45, 7) is 10.7. The topological polar surface area (TPSA) is 85.2 Å². The first kappa shape index (κ1) is 19.3. The third kappa shape index (κ3) is 4.44. The van der Waals surface area contributed by atoms with Gasteiger partial charge in [0.2, 0.25) is 5.95 Å². The predicted molar refractivity (Wildman–Crippen MR) is 103 cm³/mol. The quantitative estimate of drug-likeness (QED) is 0.852. The van der Waals surface area contributed by atoms with Crippen LogP contribution >= 0.6 is 0 Å². The molecule has 2 aromatic rings. The van der Waals surface area contributed by atoms with E-state index in [9.17, 15) is 4.79 Å². The molecule has 1 saturated heterocycles. The van der Waals surface area contributed by atoms with E-state index >= 15 is 0 Å². The second kappa shape index (κ2) is 8.04. The van der Waals surface area contributed by atoms with E-state index in [1.54, 1.807) is 6.07 Å². The number of morpholine rings is 1. The van der Waals surface area contributed by atoms with Crippen molar-refractivity contribution in [3.8, 4) is 0 Å². The maximum atomic E-state index is 12.7. The molecular weight excluding hydrogens is 344 g/mol. The summed E-state index contributed by atoms with van der Waals surface area (Å²) in [6, 6.07) is 1.70. The molecule has 2 aromatic heterocycles. The highest BCUT2D eigenvalue weighted by atomic mass is 16.5. The molecule has 0 bridgehead atoms. The Bertz CT molecular complexity index is 826. The number of amides is 1. The number of carbonyl (C=O) groups is 1. The van der Waals surface area contributed by atoms with Crippen LogP contribution in [-0.2, 0) is 18.2 Å². The SMILES string of the molecule is Cc1cc(C(=O)N[C@H](C)Cc2c(C)nn(C)c2C)nc(N2CCOCC2)n1. The number of rotatable bonds is 5. The van der Waals surface area contributed by atoms with Crippen molar-refractivity contribution in [2.45, 2.75) is 40.2 Å². The lowest BCUT2D eigenvalue weighted by atomic mass is 10.1. The number of hydrogen-bond donors (Lipinski definition) is 1. The second-order valence-corrected chi connectivity index (χ2v) is 7.15. The Balaban J connectivity index is 1.70. The van der Waals surface area contributed by atoms with Crippen molar-refractivity contribution in [3.05, 3.63) is 34.4 Å². The molecule has 0 saturated carbocycles. The van der Waals surface area contributed by atoms with E-state index in [2.05, 4.69) is 25.3 Å². The van der Waals surface area contributed by atoms with Gasteiger partial charge < -0.3 is 15.0 Å². The predicted octanol–water partition coefficient (Wildman–Crippen LogP) is 1.33. The molecular formula is C19H28N6O2. The number of hydrogen-bond acceptors (Lipinski definition) is 6. The summed E-state index contributed by atoms with van der Waals surface area (Å²) in [4.78, 5) is 23.8. The van der Waals surface area contributed by atoms with Gasteiger partial charge in [-0.05, 0) is 45.7 Å². The molecule has 0 aromatic carbocycles. The van der Waals surface area contributed by atoms with E-state index in [4.69, 9.17) is 4.74 Å². The number of aromatic nitrogens is 4. The normalized spacial score (nSPS) is 15.7. The van der Waals surface area contributed by atoms with Gasteiger partial charge in [-0.2, -0.15) is 5.10 Å². The fourth-order valence-electron chi connectivity index (χ4n) is 3.34. The molecule has 146 valence electrons. The zero-order valence-corrected chi connectivity index (χ0v) is 16.7. The zero-order chi connectivity index (χ0) is 19.6. The van der Waals surface area contributed by atoms with Crippen molar-refractivity contribution in [1.29, 1.82) is 0 Å². The summed E-state index contributed by atoms with van der Waals surface area (Å²) >= 11 is 0. The first-order valence-corrected chi connectivity index (χ1v) is 9.33. The molecule has 1 N–H and O–H groups in total. The van der Waals surface area contributed by atoms with Gasteiger partial charge in [-0.1, -0.05) is 0 Å². The van der Waals surface area contributed by atoms with Gasteiger partial charge in [-0.3, -0.25) is 9.48 Å². The molecule has 1 aliphatic rings. The summed E-state index contributed by atoms with van der Waals surface area (Å²) in [5, 5.41) is 7.50. The number of aryl methyl sites for hydroxylation is 3. The summed E-state index contributed by atoms with van der Waals surface area (Å²) in [5.74, 6) is 0.414. The Morgan fingerprint density at radius 1 is 1.26 bits per heavy atom. The summed E-state index contributed by atoms with van der Waals surface area (Å²) in [5.41, 5.74) is 4.49. The molecule has 27 heavy (non-hydrogen) atoms. The Hall–Kier alpha value is -2.48. The molecule has 0 aliphatic carbocycles. The smallest absolute Gasteiger partial charge is 0.270 e. The number of carbonyl (C=O) groups excluding carboxylic acids is 1. The van der Waals surface area contributed by atoms with Gasteiger partial charge in [-0.25, -0.2) is 9.97 Å². The van der Waals surface area contributed by atoms with Crippen LogP contribution in [0.25, 0.3) is 0 Å². The molecule has 1 fully saturated rings. The summed E-state index contributed by atoms with van der Waals surface area (Å²) in [7, 11) is 1.94. The Morgan fingerprint density at radius 2 is 1.96 bits per heavy atom. The molecule has 0 unspecified atom stereocenters. The van der Waals surface area contributed by atoms with Crippen LogP contribution in [0.1, 0.15) is 40.1 Å². The van der Waals surface area contributed by atoms with Gasteiger partial charge >= 0.3 is 0 Å². The molecule has 3 rings (SSSR count). The van der Waals surface area contributed by atoms with Crippen LogP contribution in [0.5, 0.6) is 0 Å². The van der Waals surface area contributed by atoms with Crippen LogP contribution in [0.15, 0.2) is 6.07 Å². The van der Waals surface area contributed by atoms with Crippen LogP contribution in [0.4, 0.5) is 5.95 Å². The third-order valence-electron chi connectivity index (χ3n) is 4.92. The Labute approximate surface area is 159 Å². The van der Waals surface area contributed by atoms with Crippen molar-refractivity contribution in [3.63, 3.8) is 0 Å². The van der Waals surface area contributed by atoms with Crippen LogP contribution in [-0.4, -0.2) is 58.0 Å². The van der Waals surface area contributed by atoms with Crippen LogP contribution in [0.2, 0.25) is 0 Å². The highest BCUT2D eigenvalue weighted by Gasteiger charge is 2.19. The van der Waals surface area contributed by atoms with Crippen molar-refractivity contribution in [1.82, 2.24) is 25.1 Å². The lowest BCUT2D eigenvalue weighted by molar-refractivity contribution is 0.0934. The average Bonchev–Trinajstić information content (AvgIpc) is 2.88. The Kier molecular flexibility index (Phi) is 5.74. The minimum absolute atomic E-state index is 0.0267. The van der Waals surface area contributed by atoms with Gasteiger partial charge in [0, 0.05) is 37.6 Å². The van der Waals surface area contributed by atoms with Crippen LogP contribution in [0, 0.1) is 20.8 Å². The van der Waals surface area contributed by atoms with Gasteiger partial charge in [0.05, 0.1) is 18.9 Å². The maximum Gasteiger partial charge on any atom is 0.270 e. The number of ether oxygens (including phenoxy) is 1. The summed E-state index contributed by atoms with van der Waals surface area (Å²) in [6.07, 6.45) is 0.734. The Morgan fingerprint density at radius 3 is 2.59 bits per heavy atom. The van der Waals surface area contributed by atoms with Gasteiger partial charge in [0.25, 0.3) is 5.91 Å². The van der Waals surface area contributed by atoms with E-state index in [0.29, 0.717) is 24.9 Å². The van der Waals surface area contributed by atoms with Crippen molar-refractivity contribution in [2.75, 3.05) is 31.2 Å². The fraction of sp³-hybridized carbons (Fsp3) is 0.579. The maximum absolute atomic E-state index is 12.7. The number of nitrogens with one attached hydrogen (secondary N) is 1. The minimum atomic E-state index is -0.179. The molecule has 1 amide bonds. The monoisotopic (exact) mass is 372 g/mol. The van der Waals surface area contributed by atoms with Gasteiger partial charge in [-0.15, -0.1) is 0 Å². The van der Waals surface area contributed by atoms with Crippen molar-refractivity contribution < 1.29 is 9.53 Å². The molecule has 8 heteroatoms. The molecule has 0 spiro atoms. The van der Waals surface area contributed by atoms with Crippen LogP contribution in [0.3, 0.4) is 0 Å². The fourth-order valence-corrected chi connectivity index (χ4v) is 3.34. The average molecular weight is 372 g/mol. The van der Waals surface area contributed by atoms with E-state index in [-0.39, 0.29) is 11.9 Å². The van der Waals surface area contributed by atoms with E-state index < -0.39 is 0 Å². The highest BCUT2D eigenvalue weighted by molar-refractivity contribution is 5.92. The molecule has 3 heterocycles. The van der Waals surface area contributed by atoms with E-state index in [1.807, 2.05) is 39.4 Å². The molecule has 1 aliphatic heterocycles. The number of anilines is 1. The van der Waals surface area contributed by atoms with Crippen molar-refractivity contribution >= 4 is 11.9 Å². The molecule has 0 radical (unpaired) electrons.